The van der Waals surface area contributed by atoms with Gasteiger partial charge in [0.2, 0.25) is 0 Å². The lowest BCUT2D eigenvalue weighted by Crippen LogP contribution is -1.98. The Hall–Kier alpha value is -0.180. The Morgan fingerprint density at radius 2 is 2.14 bits per heavy atom. The molecule has 0 amide bonds. The normalized spacial score (nSPS) is 10.5. The van der Waals surface area contributed by atoms with E-state index in [1.807, 2.05) is 24.8 Å². The fourth-order valence-electron chi connectivity index (χ4n) is 1.14. The van der Waals surface area contributed by atoms with Gasteiger partial charge in [-0.2, -0.15) is 0 Å². The molecule has 0 saturated carbocycles. The van der Waals surface area contributed by atoms with E-state index in [0.717, 1.165) is 29.3 Å². The average Bonchev–Trinajstić information content (AvgIpc) is 2.18. The minimum atomic E-state index is 0.792. The molecule has 78 valence electrons. The van der Waals surface area contributed by atoms with Crippen molar-refractivity contribution in [3.63, 3.8) is 0 Å². The molecule has 3 heteroatoms. The van der Waals surface area contributed by atoms with E-state index in [9.17, 15) is 0 Å². The molecule has 0 aromatic heterocycles. The third-order valence-electron chi connectivity index (χ3n) is 2.00. The first-order valence-corrected chi connectivity index (χ1v) is 6.19. The van der Waals surface area contributed by atoms with E-state index in [1.54, 1.807) is 0 Å². The van der Waals surface area contributed by atoms with Gasteiger partial charge in [-0.05, 0) is 55.8 Å². The van der Waals surface area contributed by atoms with Crippen LogP contribution in [0.5, 0.6) is 0 Å². The first-order chi connectivity index (χ1) is 6.74. The number of aryl methyl sites for hydroxylation is 1. The average molecular weight is 230 g/mol. The molecule has 0 aliphatic rings. The Labute approximate surface area is 95.0 Å². The highest BCUT2D eigenvalue weighted by atomic mass is 35.5. The molecule has 1 nitrogen and oxygen atoms in total. The predicted molar refractivity (Wildman–Crippen MR) is 65.2 cm³/mol. The highest BCUT2D eigenvalue weighted by Crippen LogP contribution is 2.24. The van der Waals surface area contributed by atoms with Crippen LogP contribution < -0.4 is 5.73 Å². The fourth-order valence-corrected chi connectivity index (χ4v) is 2.27. The van der Waals surface area contributed by atoms with Gasteiger partial charge in [0.25, 0.3) is 0 Å². The van der Waals surface area contributed by atoms with Gasteiger partial charge in [-0.1, -0.05) is 11.6 Å². The molecule has 0 fully saturated rings. The second kappa shape index (κ2) is 6.33. The van der Waals surface area contributed by atoms with E-state index in [2.05, 4.69) is 12.1 Å². The second-order valence-corrected chi connectivity index (χ2v) is 4.83. The molecule has 0 unspecified atom stereocenters. The SMILES string of the molecule is Cc1cc(SCCCCN)ccc1Cl. The fraction of sp³-hybridized carbons (Fsp3) is 0.455. The summed E-state index contributed by atoms with van der Waals surface area (Å²) in [5.74, 6) is 1.14. The van der Waals surface area contributed by atoms with Gasteiger partial charge in [-0.15, -0.1) is 11.8 Å². The molecular formula is C11H16ClNS. The minimum Gasteiger partial charge on any atom is -0.330 e. The van der Waals surface area contributed by atoms with Crippen molar-refractivity contribution in [3.8, 4) is 0 Å². The van der Waals surface area contributed by atoms with Gasteiger partial charge >= 0.3 is 0 Å². The molecule has 2 N–H and O–H groups in total. The number of halogens is 1. The van der Waals surface area contributed by atoms with Gasteiger partial charge in [-0.25, -0.2) is 0 Å². The summed E-state index contributed by atoms with van der Waals surface area (Å²) in [6.07, 6.45) is 2.29. The highest BCUT2D eigenvalue weighted by molar-refractivity contribution is 7.99. The van der Waals surface area contributed by atoms with Crippen LogP contribution in [0.4, 0.5) is 0 Å². The lowest BCUT2D eigenvalue weighted by atomic mass is 10.2. The standard InChI is InChI=1S/C11H16ClNS/c1-9-8-10(4-5-11(9)12)14-7-3-2-6-13/h4-5,8H,2-3,6-7,13H2,1H3. The van der Waals surface area contributed by atoms with Crippen LogP contribution in [-0.4, -0.2) is 12.3 Å². The van der Waals surface area contributed by atoms with Crippen LogP contribution in [0.2, 0.25) is 5.02 Å². The summed E-state index contributed by atoms with van der Waals surface area (Å²) in [5, 5.41) is 0.844. The molecule has 14 heavy (non-hydrogen) atoms. The highest BCUT2D eigenvalue weighted by Gasteiger charge is 1.97. The summed E-state index contributed by atoms with van der Waals surface area (Å²) in [7, 11) is 0. The van der Waals surface area contributed by atoms with E-state index in [4.69, 9.17) is 17.3 Å². The smallest absolute Gasteiger partial charge is 0.0435 e. The van der Waals surface area contributed by atoms with Crippen LogP contribution in [0, 0.1) is 6.92 Å². The quantitative estimate of drug-likeness (QED) is 0.618. The van der Waals surface area contributed by atoms with Gasteiger partial charge in [0.05, 0.1) is 0 Å². The van der Waals surface area contributed by atoms with Crippen LogP contribution in [0.1, 0.15) is 18.4 Å². The number of rotatable bonds is 5. The minimum absolute atomic E-state index is 0.792. The number of hydrogen-bond acceptors (Lipinski definition) is 2. The Balaban J connectivity index is 2.39. The molecule has 0 spiro atoms. The lowest BCUT2D eigenvalue weighted by molar-refractivity contribution is 0.814. The van der Waals surface area contributed by atoms with Crippen molar-refractivity contribution in [2.75, 3.05) is 12.3 Å². The third-order valence-corrected chi connectivity index (χ3v) is 3.50. The Morgan fingerprint density at radius 1 is 1.36 bits per heavy atom. The molecule has 0 heterocycles. The number of unbranched alkanes of at least 4 members (excludes halogenated alkanes) is 1. The van der Waals surface area contributed by atoms with Crippen molar-refractivity contribution in [3.05, 3.63) is 28.8 Å². The maximum absolute atomic E-state index is 5.94. The van der Waals surface area contributed by atoms with Crippen molar-refractivity contribution >= 4 is 23.4 Å². The largest absolute Gasteiger partial charge is 0.330 e. The Morgan fingerprint density at radius 3 is 2.79 bits per heavy atom. The molecule has 0 atom stereocenters. The van der Waals surface area contributed by atoms with Crippen molar-refractivity contribution in [2.45, 2.75) is 24.7 Å². The summed E-state index contributed by atoms with van der Waals surface area (Å²) in [6, 6.07) is 6.17. The maximum atomic E-state index is 5.94. The number of nitrogens with two attached hydrogens (primary N) is 1. The van der Waals surface area contributed by atoms with Crippen molar-refractivity contribution in [2.24, 2.45) is 5.73 Å². The number of thioether (sulfide) groups is 1. The molecule has 0 bridgehead atoms. The maximum Gasteiger partial charge on any atom is 0.0435 e. The molecule has 0 saturated heterocycles. The van der Waals surface area contributed by atoms with Gasteiger partial charge in [0, 0.05) is 9.92 Å². The Kier molecular flexibility index (Phi) is 5.38. The lowest BCUT2D eigenvalue weighted by Gasteiger charge is -2.03. The Bertz CT molecular complexity index is 289. The molecular weight excluding hydrogens is 214 g/mol. The van der Waals surface area contributed by atoms with Crippen molar-refractivity contribution in [1.82, 2.24) is 0 Å². The number of benzene rings is 1. The molecule has 0 aliphatic carbocycles. The summed E-state index contributed by atoms with van der Waals surface area (Å²) < 4.78 is 0. The summed E-state index contributed by atoms with van der Waals surface area (Å²) >= 11 is 7.81. The second-order valence-electron chi connectivity index (χ2n) is 3.26. The van der Waals surface area contributed by atoms with Crippen LogP contribution in [0.3, 0.4) is 0 Å². The molecule has 1 aromatic carbocycles. The first-order valence-electron chi connectivity index (χ1n) is 4.83. The van der Waals surface area contributed by atoms with E-state index >= 15 is 0 Å². The zero-order chi connectivity index (χ0) is 10.4. The van der Waals surface area contributed by atoms with E-state index in [1.165, 1.54) is 11.3 Å². The molecule has 1 rings (SSSR count). The summed E-state index contributed by atoms with van der Waals surface area (Å²) in [6.45, 7) is 2.83. The van der Waals surface area contributed by atoms with E-state index < -0.39 is 0 Å². The summed E-state index contributed by atoms with van der Waals surface area (Å²) in [5.41, 5.74) is 6.57. The van der Waals surface area contributed by atoms with E-state index in [-0.39, 0.29) is 0 Å². The molecule has 0 radical (unpaired) electrons. The topological polar surface area (TPSA) is 26.0 Å². The van der Waals surface area contributed by atoms with Gasteiger partial charge in [-0.3, -0.25) is 0 Å². The van der Waals surface area contributed by atoms with Gasteiger partial charge in [0.15, 0.2) is 0 Å². The van der Waals surface area contributed by atoms with Gasteiger partial charge < -0.3 is 5.73 Å². The van der Waals surface area contributed by atoms with Crippen molar-refractivity contribution < 1.29 is 0 Å². The number of hydrogen-bond donors (Lipinski definition) is 1. The van der Waals surface area contributed by atoms with Crippen LogP contribution in [0.25, 0.3) is 0 Å². The van der Waals surface area contributed by atoms with Crippen LogP contribution >= 0.6 is 23.4 Å². The van der Waals surface area contributed by atoms with Crippen molar-refractivity contribution in [1.29, 1.82) is 0 Å². The zero-order valence-corrected chi connectivity index (χ0v) is 10.00. The first kappa shape index (κ1) is 11.9. The van der Waals surface area contributed by atoms with Gasteiger partial charge in [0.1, 0.15) is 0 Å². The predicted octanol–water partition coefficient (Wildman–Crippen LogP) is 3.48. The monoisotopic (exact) mass is 229 g/mol. The van der Waals surface area contributed by atoms with Crippen LogP contribution in [0.15, 0.2) is 23.1 Å². The zero-order valence-electron chi connectivity index (χ0n) is 8.42. The van der Waals surface area contributed by atoms with E-state index in [0.29, 0.717) is 0 Å². The van der Waals surface area contributed by atoms with Crippen LogP contribution in [-0.2, 0) is 0 Å². The molecule has 1 aromatic rings. The molecule has 0 aliphatic heterocycles. The third kappa shape index (κ3) is 3.91. The summed E-state index contributed by atoms with van der Waals surface area (Å²) in [4.78, 5) is 1.30.